The van der Waals surface area contributed by atoms with Gasteiger partial charge in [0, 0.05) is 30.6 Å². The number of H-pyrrole nitrogens is 1. The van der Waals surface area contributed by atoms with Gasteiger partial charge in [-0.1, -0.05) is 22.5 Å². The molecule has 1 saturated heterocycles. The SMILES string of the molecule is C=C(Br)c1cn([C@H]2C[C@H](O)[C@@H](CNC(C)=O)O2)c(=O)[nH]c1=O. The molecule has 1 aromatic rings. The minimum atomic E-state index is -0.828. The van der Waals surface area contributed by atoms with Gasteiger partial charge >= 0.3 is 5.69 Å². The summed E-state index contributed by atoms with van der Waals surface area (Å²) in [5.41, 5.74) is -1.00. The van der Waals surface area contributed by atoms with Crippen molar-refractivity contribution in [3.63, 3.8) is 0 Å². The number of nitrogens with zero attached hydrogens (tertiary/aromatic N) is 1. The molecule has 2 rings (SSSR count). The fraction of sp³-hybridized carbons (Fsp3) is 0.462. The van der Waals surface area contributed by atoms with Crippen LogP contribution in [0.4, 0.5) is 0 Å². The van der Waals surface area contributed by atoms with E-state index in [-0.39, 0.29) is 24.4 Å². The zero-order valence-corrected chi connectivity index (χ0v) is 13.4. The number of aliphatic hydroxyl groups excluding tert-OH is 1. The van der Waals surface area contributed by atoms with Gasteiger partial charge in [-0.25, -0.2) is 4.79 Å². The topological polar surface area (TPSA) is 113 Å². The van der Waals surface area contributed by atoms with Crippen molar-refractivity contribution >= 4 is 26.3 Å². The number of carbonyl (C=O) groups is 1. The minimum absolute atomic E-state index is 0.142. The number of ether oxygens (including phenoxy) is 1. The summed E-state index contributed by atoms with van der Waals surface area (Å²) in [6, 6.07) is 0. The molecule has 22 heavy (non-hydrogen) atoms. The van der Waals surface area contributed by atoms with Gasteiger partial charge in [0.2, 0.25) is 5.91 Å². The average molecular weight is 374 g/mol. The van der Waals surface area contributed by atoms with E-state index in [1.54, 1.807) is 0 Å². The van der Waals surface area contributed by atoms with E-state index in [2.05, 4.69) is 32.8 Å². The van der Waals surface area contributed by atoms with E-state index in [1.165, 1.54) is 17.7 Å². The number of rotatable bonds is 4. The molecule has 0 radical (unpaired) electrons. The minimum Gasteiger partial charge on any atom is -0.390 e. The number of amides is 1. The monoisotopic (exact) mass is 373 g/mol. The van der Waals surface area contributed by atoms with Crippen molar-refractivity contribution in [2.75, 3.05) is 6.54 Å². The van der Waals surface area contributed by atoms with Crippen molar-refractivity contribution < 1.29 is 14.6 Å². The molecule has 1 aliphatic heterocycles. The van der Waals surface area contributed by atoms with Gasteiger partial charge in [-0.15, -0.1) is 0 Å². The highest BCUT2D eigenvalue weighted by Gasteiger charge is 2.35. The number of carbonyl (C=O) groups excluding carboxylic acids is 1. The predicted octanol–water partition coefficient (Wildman–Crippen LogP) is -0.313. The normalized spacial score (nSPS) is 24.2. The lowest BCUT2D eigenvalue weighted by Crippen LogP contribution is -2.36. The molecule has 0 bridgehead atoms. The van der Waals surface area contributed by atoms with Crippen molar-refractivity contribution in [1.82, 2.24) is 14.9 Å². The highest BCUT2D eigenvalue weighted by atomic mass is 79.9. The number of halogens is 1. The van der Waals surface area contributed by atoms with Crippen LogP contribution in [-0.4, -0.2) is 39.3 Å². The Kier molecular flexibility index (Phi) is 4.99. The van der Waals surface area contributed by atoms with Crippen molar-refractivity contribution in [2.24, 2.45) is 0 Å². The highest BCUT2D eigenvalue weighted by Crippen LogP contribution is 2.27. The molecule has 1 aliphatic rings. The largest absolute Gasteiger partial charge is 0.390 e. The smallest absolute Gasteiger partial charge is 0.330 e. The zero-order chi connectivity index (χ0) is 16.4. The highest BCUT2D eigenvalue weighted by molar-refractivity contribution is 9.15. The second-order valence-electron chi connectivity index (χ2n) is 4.98. The third kappa shape index (κ3) is 3.54. The lowest BCUT2D eigenvalue weighted by molar-refractivity contribution is -0.120. The molecule has 1 amide bonds. The van der Waals surface area contributed by atoms with Crippen LogP contribution in [0.2, 0.25) is 0 Å². The molecule has 0 saturated carbocycles. The molecule has 8 nitrogen and oxygen atoms in total. The summed E-state index contributed by atoms with van der Waals surface area (Å²) in [6.07, 6.45) is -0.681. The van der Waals surface area contributed by atoms with Gasteiger partial charge in [0.05, 0.1) is 11.7 Å². The molecule has 120 valence electrons. The first kappa shape index (κ1) is 16.7. The molecule has 0 spiro atoms. The number of nitrogens with one attached hydrogen (secondary N) is 2. The molecular weight excluding hydrogens is 358 g/mol. The maximum absolute atomic E-state index is 11.9. The molecule has 1 fully saturated rings. The number of hydrogen-bond donors (Lipinski definition) is 3. The number of hydrogen-bond acceptors (Lipinski definition) is 5. The first-order valence-corrected chi connectivity index (χ1v) is 7.37. The maximum Gasteiger partial charge on any atom is 0.330 e. The molecule has 3 atom stereocenters. The number of aromatic nitrogens is 2. The van der Waals surface area contributed by atoms with Gasteiger partial charge < -0.3 is 15.2 Å². The zero-order valence-electron chi connectivity index (χ0n) is 11.8. The van der Waals surface area contributed by atoms with E-state index in [4.69, 9.17) is 4.74 Å². The summed E-state index contributed by atoms with van der Waals surface area (Å²) in [5.74, 6) is -0.238. The number of aromatic amines is 1. The second-order valence-corrected chi connectivity index (χ2v) is 5.94. The average Bonchev–Trinajstić information content (AvgIpc) is 2.77. The lowest BCUT2D eigenvalue weighted by Gasteiger charge is -2.16. The maximum atomic E-state index is 11.9. The first-order valence-electron chi connectivity index (χ1n) is 6.57. The predicted molar refractivity (Wildman–Crippen MR) is 82.5 cm³/mol. The van der Waals surface area contributed by atoms with Gasteiger partial charge in [0.1, 0.15) is 12.3 Å². The second kappa shape index (κ2) is 6.59. The van der Waals surface area contributed by atoms with Gasteiger partial charge in [-0.2, -0.15) is 0 Å². The van der Waals surface area contributed by atoms with E-state index in [0.29, 0.717) is 4.48 Å². The fourth-order valence-corrected chi connectivity index (χ4v) is 2.49. The third-order valence-corrected chi connectivity index (χ3v) is 3.75. The van der Waals surface area contributed by atoms with Gasteiger partial charge in [0.15, 0.2) is 0 Å². The summed E-state index contributed by atoms with van der Waals surface area (Å²) in [4.78, 5) is 36.7. The van der Waals surface area contributed by atoms with Crippen LogP contribution in [0.1, 0.15) is 25.1 Å². The van der Waals surface area contributed by atoms with Crippen molar-refractivity contribution in [1.29, 1.82) is 0 Å². The van der Waals surface area contributed by atoms with Crippen LogP contribution in [0.5, 0.6) is 0 Å². The lowest BCUT2D eigenvalue weighted by atomic mass is 10.2. The van der Waals surface area contributed by atoms with E-state index in [0.717, 1.165) is 0 Å². The third-order valence-electron chi connectivity index (χ3n) is 3.33. The summed E-state index contributed by atoms with van der Waals surface area (Å²) in [7, 11) is 0. The van der Waals surface area contributed by atoms with Crippen LogP contribution in [0.25, 0.3) is 4.48 Å². The van der Waals surface area contributed by atoms with Crippen molar-refractivity contribution in [3.05, 3.63) is 39.2 Å². The molecule has 2 heterocycles. The van der Waals surface area contributed by atoms with Crippen LogP contribution in [0, 0.1) is 0 Å². The van der Waals surface area contributed by atoms with E-state index >= 15 is 0 Å². The van der Waals surface area contributed by atoms with E-state index in [9.17, 15) is 19.5 Å². The van der Waals surface area contributed by atoms with E-state index in [1.807, 2.05) is 0 Å². The van der Waals surface area contributed by atoms with Crippen molar-refractivity contribution in [2.45, 2.75) is 31.8 Å². The van der Waals surface area contributed by atoms with Crippen LogP contribution in [0.3, 0.4) is 0 Å². The first-order chi connectivity index (χ1) is 10.3. The van der Waals surface area contributed by atoms with Gasteiger partial charge in [0.25, 0.3) is 5.56 Å². The van der Waals surface area contributed by atoms with E-state index < -0.39 is 29.7 Å². The van der Waals surface area contributed by atoms with Crippen LogP contribution in [0.15, 0.2) is 22.4 Å². The van der Waals surface area contributed by atoms with Crippen LogP contribution >= 0.6 is 15.9 Å². The molecule has 0 aromatic carbocycles. The van der Waals surface area contributed by atoms with Gasteiger partial charge in [-0.3, -0.25) is 19.1 Å². The summed E-state index contributed by atoms with van der Waals surface area (Å²) in [6.45, 7) is 5.11. The molecule has 3 N–H and O–H groups in total. The van der Waals surface area contributed by atoms with Crippen molar-refractivity contribution in [3.8, 4) is 0 Å². The summed E-state index contributed by atoms with van der Waals surface area (Å²) >= 11 is 3.10. The molecule has 1 aromatic heterocycles. The Bertz CT molecular complexity index is 710. The Morgan fingerprint density at radius 2 is 2.32 bits per heavy atom. The fourth-order valence-electron chi connectivity index (χ4n) is 2.21. The standard InChI is InChI=1S/C13H16BrN3O5/c1-6(14)8-5-17(13(21)16-12(8)20)11-3-9(19)10(22-11)4-15-7(2)18/h5,9-11,19H,1,3-4H2,2H3,(H,15,18)(H,16,20,21)/t9-,10+,11+/m0/s1. The molecule has 0 aliphatic carbocycles. The molecular formula is C13H16BrN3O5. The summed E-state index contributed by atoms with van der Waals surface area (Å²) in [5, 5.41) is 12.5. The Hall–Kier alpha value is -1.71. The van der Waals surface area contributed by atoms with Crippen LogP contribution < -0.4 is 16.6 Å². The Morgan fingerprint density at radius 3 is 2.91 bits per heavy atom. The quantitative estimate of drug-likeness (QED) is 0.669. The molecule has 0 unspecified atom stereocenters. The summed E-state index contributed by atoms with van der Waals surface area (Å²) < 4.78 is 7.12. The van der Waals surface area contributed by atoms with Gasteiger partial charge in [-0.05, 0) is 0 Å². The Balaban J connectivity index is 2.24. The Labute approximate surface area is 133 Å². The molecule has 9 heteroatoms. The Morgan fingerprint density at radius 1 is 1.64 bits per heavy atom. The van der Waals surface area contributed by atoms with Crippen LogP contribution in [-0.2, 0) is 9.53 Å². The number of aliphatic hydroxyl groups is 1.